The van der Waals surface area contributed by atoms with E-state index in [1.54, 1.807) is 0 Å². The van der Waals surface area contributed by atoms with Crippen molar-refractivity contribution in [2.75, 3.05) is 11.4 Å². The van der Waals surface area contributed by atoms with Crippen LogP contribution in [0.15, 0.2) is 48.5 Å². The van der Waals surface area contributed by atoms with Gasteiger partial charge in [-0.1, -0.05) is 30.3 Å². The molecule has 3 aliphatic rings. The first-order valence-corrected chi connectivity index (χ1v) is 12.0. The third kappa shape index (κ3) is 3.71. The van der Waals surface area contributed by atoms with Crippen LogP contribution in [0.4, 0.5) is 18.9 Å². The van der Waals surface area contributed by atoms with Crippen molar-refractivity contribution < 1.29 is 27.5 Å². The Morgan fingerprint density at radius 2 is 1.83 bits per heavy atom. The van der Waals surface area contributed by atoms with E-state index >= 15 is 0 Å². The number of carbonyl (C=O) groups excluding carboxylic acids is 2. The zero-order chi connectivity index (χ0) is 25.9. The Morgan fingerprint density at radius 1 is 1.14 bits per heavy atom. The largest absolute Gasteiger partial charge is 0.417 e. The van der Waals surface area contributed by atoms with E-state index < -0.39 is 52.2 Å². The van der Waals surface area contributed by atoms with Crippen molar-refractivity contribution in [2.24, 2.45) is 11.8 Å². The van der Waals surface area contributed by atoms with E-state index in [4.69, 9.17) is 10.00 Å². The molecule has 1 N–H and O–H groups in total. The first-order valence-electron chi connectivity index (χ1n) is 12.0. The van der Waals surface area contributed by atoms with E-state index in [2.05, 4.69) is 5.32 Å². The van der Waals surface area contributed by atoms with Gasteiger partial charge in [0.15, 0.2) is 0 Å². The Bertz CT molecular complexity index is 1260. The number of amides is 2. The SMILES string of the molecule is CC(NCCC12CCC(C)(O1)C1C(=O)N(c3ccc(C#N)c(C(F)(F)F)c3)C(=O)C12)c1ccccc1. The second-order valence-corrected chi connectivity index (χ2v) is 10.1. The van der Waals surface area contributed by atoms with Gasteiger partial charge in [-0.15, -0.1) is 0 Å². The summed E-state index contributed by atoms with van der Waals surface area (Å²) in [7, 11) is 0. The number of alkyl halides is 3. The fourth-order valence-electron chi connectivity index (χ4n) is 6.23. The molecule has 2 amide bonds. The molecule has 0 spiro atoms. The van der Waals surface area contributed by atoms with Crippen molar-refractivity contribution in [3.63, 3.8) is 0 Å². The van der Waals surface area contributed by atoms with E-state index in [0.29, 0.717) is 25.8 Å². The number of nitrogens with one attached hydrogen (secondary N) is 1. The van der Waals surface area contributed by atoms with E-state index in [1.165, 1.54) is 12.1 Å². The summed E-state index contributed by atoms with van der Waals surface area (Å²) in [5, 5.41) is 12.5. The first kappa shape index (κ1) is 24.5. The highest BCUT2D eigenvalue weighted by Gasteiger charge is 2.73. The lowest BCUT2D eigenvalue weighted by Crippen LogP contribution is -2.44. The van der Waals surface area contributed by atoms with E-state index in [9.17, 15) is 22.8 Å². The highest BCUT2D eigenvalue weighted by atomic mass is 19.4. The zero-order valence-electron chi connectivity index (χ0n) is 19.9. The molecule has 2 aromatic carbocycles. The molecule has 5 unspecified atom stereocenters. The van der Waals surface area contributed by atoms with Crippen molar-refractivity contribution in [1.29, 1.82) is 5.26 Å². The number of nitrogens with zero attached hydrogens (tertiary/aromatic N) is 2. The molecule has 5 rings (SSSR count). The average molecular weight is 498 g/mol. The Hall–Kier alpha value is -3.22. The second-order valence-electron chi connectivity index (χ2n) is 10.1. The molecule has 188 valence electrons. The predicted molar refractivity (Wildman–Crippen MR) is 125 cm³/mol. The van der Waals surface area contributed by atoms with Gasteiger partial charge in [-0.25, -0.2) is 4.90 Å². The van der Waals surface area contributed by atoms with Crippen LogP contribution in [-0.4, -0.2) is 29.6 Å². The van der Waals surface area contributed by atoms with Crippen molar-refractivity contribution in [3.05, 3.63) is 65.2 Å². The summed E-state index contributed by atoms with van der Waals surface area (Å²) in [4.78, 5) is 28.0. The molecule has 3 aliphatic heterocycles. The van der Waals surface area contributed by atoms with Gasteiger partial charge in [0.25, 0.3) is 0 Å². The van der Waals surface area contributed by atoms with E-state index in [0.717, 1.165) is 22.6 Å². The molecule has 5 atom stereocenters. The molecule has 3 fully saturated rings. The maximum absolute atomic E-state index is 13.6. The summed E-state index contributed by atoms with van der Waals surface area (Å²) in [5.41, 5.74) is -2.48. The number of nitriles is 1. The number of carbonyl (C=O) groups is 2. The highest BCUT2D eigenvalue weighted by molar-refractivity contribution is 6.23. The Labute approximate surface area is 207 Å². The van der Waals surface area contributed by atoms with Crippen LogP contribution in [0.5, 0.6) is 0 Å². The third-order valence-electron chi connectivity index (χ3n) is 8.00. The maximum atomic E-state index is 13.6. The molecular formula is C27H26F3N3O3. The normalized spacial score (nSPS) is 29.9. The average Bonchev–Trinajstić information content (AvgIpc) is 3.43. The quantitative estimate of drug-likeness (QED) is 0.583. The van der Waals surface area contributed by atoms with Crippen LogP contribution in [-0.2, 0) is 20.5 Å². The Balaban J connectivity index is 1.41. The van der Waals surface area contributed by atoms with Gasteiger partial charge in [-0.3, -0.25) is 9.59 Å². The summed E-state index contributed by atoms with van der Waals surface area (Å²) in [6.07, 6.45) is -3.11. The van der Waals surface area contributed by atoms with Crippen molar-refractivity contribution in [3.8, 4) is 6.07 Å². The summed E-state index contributed by atoms with van der Waals surface area (Å²) in [6.45, 7) is 4.40. The van der Waals surface area contributed by atoms with Gasteiger partial charge < -0.3 is 10.1 Å². The molecule has 0 aliphatic carbocycles. The summed E-state index contributed by atoms with van der Waals surface area (Å²) >= 11 is 0. The van der Waals surface area contributed by atoms with Crippen LogP contribution in [0.3, 0.4) is 0 Å². The van der Waals surface area contributed by atoms with E-state index in [-0.39, 0.29) is 11.7 Å². The van der Waals surface area contributed by atoms with Crippen LogP contribution in [0.25, 0.3) is 0 Å². The lowest BCUT2D eigenvalue weighted by atomic mass is 9.67. The van der Waals surface area contributed by atoms with Crippen LogP contribution < -0.4 is 10.2 Å². The van der Waals surface area contributed by atoms with Gasteiger partial charge in [-0.05, 0) is 63.4 Å². The van der Waals surface area contributed by atoms with Gasteiger partial charge in [-0.2, -0.15) is 18.4 Å². The standard InChI is InChI=1S/C27H26F3N3O3/c1-16(17-6-4-3-5-7-17)32-13-12-26-11-10-25(2,36-26)21-22(26)24(35)33(23(21)34)19-9-8-18(15-31)20(14-19)27(28,29)30/h3-9,14,16,21-22,32H,10-13H2,1-2H3. The number of hydrogen-bond acceptors (Lipinski definition) is 5. The molecule has 0 radical (unpaired) electrons. The molecule has 3 saturated heterocycles. The minimum atomic E-state index is -4.79. The minimum absolute atomic E-state index is 0.0736. The van der Waals surface area contributed by atoms with Gasteiger partial charge in [0, 0.05) is 6.04 Å². The molecule has 9 heteroatoms. The Morgan fingerprint density at radius 3 is 2.50 bits per heavy atom. The summed E-state index contributed by atoms with van der Waals surface area (Å²) in [5.74, 6) is -2.60. The van der Waals surface area contributed by atoms with Crippen LogP contribution in [0.1, 0.15) is 55.8 Å². The number of benzene rings is 2. The Kier molecular flexibility index (Phi) is 5.73. The number of halogens is 3. The number of fused-ring (bicyclic) bond motifs is 5. The number of hydrogen-bond donors (Lipinski definition) is 1. The highest BCUT2D eigenvalue weighted by Crippen LogP contribution is 2.62. The molecule has 0 aromatic heterocycles. The molecule has 2 bridgehead atoms. The van der Waals surface area contributed by atoms with Crippen molar-refractivity contribution in [1.82, 2.24) is 5.32 Å². The lowest BCUT2D eigenvalue weighted by molar-refractivity contribution is -0.138. The van der Waals surface area contributed by atoms with Crippen molar-refractivity contribution in [2.45, 2.75) is 56.5 Å². The number of ether oxygens (including phenoxy) is 1. The molecular weight excluding hydrogens is 471 g/mol. The molecule has 0 saturated carbocycles. The molecule has 3 heterocycles. The third-order valence-corrected chi connectivity index (χ3v) is 8.00. The first-order chi connectivity index (χ1) is 17.0. The van der Waals surface area contributed by atoms with Crippen LogP contribution >= 0.6 is 0 Å². The maximum Gasteiger partial charge on any atom is 0.417 e. The molecule has 2 aromatic rings. The van der Waals surface area contributed by atoms with E-state index in [1.807, 2.05) is 44.2 Å². The van der Waals surface area contributed by atoms with Gasteiger partial charge in [0.2, 0.25) is 11.8 Å². The fourth-order valence-corrected chi connectivity index (χ4v) is 6.23. The number of anilines is 1. The monoisotopic (exact) mass is 497 g/mol. The summed E-state index contributed by atoms with van der Waals surface area (Å²) < 4.78 is 47.0. The predicted octanol–water partition coefficient (Wildman–Crippen LogP) is 4.75. The van der Waals surface area contributed by atoms with Crippen LogP contribution in [0, 0.1) is 23.2 Å². The second kappa shape index (κ2) is 8.43. The van der Waals surface area contributed by atoms with Crippen molar-refractivity contribution >= 4 is 17.5 Å². The fraction of sp³-hybridized carbons (Fsp3) is 0.444. The number of rotatable bonds is 6. The number of imide groups is 1. The molecule has 6 nitrogen and oxygen atoms in total. The van der Waals surface area contributed by atoms with Crippen LogP contribution in [0.2, 0.25) is 0 Å². The van der Waals surface area contributed by atoms with Gasteiger partial charge in [0.05, 0.1) is 45.9 Å². The summed E-state index contributed by atoms with van der Waals surface area (Å²) in [6, 6.07) is 14.5. The zero-order valence-corrected chi connectivity index (χ0v) is 19.9. The molecule has 36 heavy (non-hydrogen) atoms. The topological polar surface area (TPSA) is 82.4 Å². The van der Waals surface area contributed by atoms with Gasteiger partial charge >= 0.3 is 6.18 Å². The minimum Gasteiger partial charge on any atom is -0.367 e. The lowest BCUT2D eigenvalue weighted by Gasteiger charge is -2.31. The smallest absolute Gasteiger partial charge is 0.367 e. The van der Waals surface area contributed by atoms with Gasteiger partial charge in [0.1, 0.15) is 0 Å².